The Morgan fingerprint density at radius 3 is 2.59 bits per heavy atom. The number of hydrogen-bond donors (Lipinski definition) is 0. The van der Waals surface area contributed by atoms with Gasteiger partial charge in [0.1, 0.15) is 5.82 Å². The number of benzene rings is 1. The summed E-state index contributed by atoms with van der Waals surface area (Å²) in [6, 6.07) is 6.18. The monoisotopic (exact) mass is 321 g/mol. The highest BCUT2D eigenvalue weighted by atomic mass is 32.2. The molecule has 2 aliphatic rings. The Kier molecular flexibility index (Phi) is 4.76. The minimum Gasteiger partial charge on any atom is -0.337 e. The van der Waals surface area contributed by atoms with Gasteiger partial charge in [-0.25, -0.2) is 4.39 Å². The van der Waals surface area contributed by atoms with E-state index in [-0.39, 0.29) is 11.7 Å². The van der Waals surface area contributed by atoms with Crippen molar-refractivity contribution < 1.29 is 9.18 Å². The van der Waals surface area contributed by atoms with Gasteiger partial charge in [0.25, 0.3) is 0 Å². The third-order valence-electron chi connectivity index (χ3n) is 5.17. The van der Waals surface area contributed by atoms with Crippen LogP contribution in [0.3, 0.4) is 0 Å². The Morgan fingerprint density at radius 2 is 2.00 bits per heavy atom. The maximum atomic E-state index is 13.6. The van der Waals surface area contributed by atoms with E-state index in [1.165, 1.54) is 0 Å². The lowest BCUT2D eigenvalue weighted by Gasteiger charge is -2.38. The summed E-state index contributed by atoms with van der Waals surface area (Å²) in [6.07, 6.45) is 7.91. The van der Waals surface area contributed by atoms with Gasteiger partial charge < -0.3 is 4.90 Å². The summed E-state index contributed by atoms with van der Waals surface area (Å²) in [5, 5.41) is 0.716. The van der Waals surface area contributed by atoms with Crippen LogP contribution in [0.4, 0.5) is 4.39 Å². The summed E-state index contributed by atoms with van der Waals surface area (Å²) in [7, 11) is 0. The third-order valence-corrected chi connectivity index (χ3v) is 6.23. The normalized spacial score (nSPS) is 27.2. The van der Waals surface area contributed by atoms with E-state index < -0.39 is 0 Å². The SMILES string of the molecule is CSC1CC2CCC(C1)N2C(=O)CCc1ccc(C)c(F)c1. The van der Waals surface area contributed by atoms with Gasteiger partial charge in [-0.05, 0) is 62.5 Å². The molecule has 2 atom stereocenters. The molecule has 22 heavy (non-hydrogen) atoms. The summed E-state index contributed by atoms with van der Waals surface area (Å²) < 4.78 is 13.6. The zero-order chi connectivity index (χ0) is 15.7. The van der Waals surface area contributed by atoms with Crippen molar-refractivity contribution in [3.05, 3.63) is 35.1 Å². The molecule has 1 amide bonds. The fraction of sp³-hybridized carbons (Fsp3) is 0.611. The number of carbonyl (C=O) groups excluding carboxylic acids is 1. The standard InChI is InChI=1S/C18H24FNOS/c1-12-3-4-13(9-17(12)19)5-8-18(21)20-14-6-7-15(20)11-16(10-14)22-2/h3-4,9,14-16H,5-8,10-11H2,1-2H3. The van der Waals surface area contributed by atoms with Crippen molar-refractivity contribution in [2.45, 2.75) is 62.8 Å². The molecular formula is C18H24FNOS. The third kappa shape index (κ3) is 3.17. The maximum Gasteiger partial charge on any atom is 0.223 e. The molecule has 1 aromatic carbocycles. The Bertz CT molecular complexity index is 548. The van der Waals surface area contributed by atoms with E-state index in [1.807, 2.05) is 17.8 Å². The van der Waals surface area contributed by atoms with Crippen molar-refractivity contribution in [3.8, 4) is 0 Å². The molecule has 2 bridgehead atoms. The molecule has 0 radical (unpaired) electrons. The van der Waals surface area contributed by atoms with E-state index in [0.717, 1.165) is 31.2 Å². The van der Waals surface area contributed by atoms with Crippen LogP contribution >= 0.6 is 11.8 Å². The molecule has 120 valence electrons. The van der Waals surface area contributed by atoms with Gasteiger partial charge in [0.2, 0.25) is 5.91 Å². The first-order valence-electron chi connectivity index (χ1n) is 8.17. The summed E-state index contributed by atoms with van der Waals surface area (Å²) >= 11 is 1.94. The Balaban J connectivity index is 1.59. The first-order valence-corrected chi connectivity index (χ1v) is 9.46. The molecule has 2 fully saturated rings. The maximum absolute atomic E-state index is 13.6. The second-order valence-corrected chi connectivity index (χ2v) is 7.74. The van der Waals surface area contributed by atoms with Gasteiger partial charge >= 0.3 is 0 Å². The molecule has 0 saturated carbocycles. The fourth-order valence-corrected chi connectivity index (χ4v) is 4.73. The molecule has 2 aliphatic heterocycles. The summed E-state index contributed by atoms with van der Waals surface area (Å²) in [5.41, 5.74) is 1.58. The molecule has 0 N–H and O–H groups in total. The Labute approximate surface area is 136 Å². The smallest absolute Gasteiger partial charge is 0.223 e. The van der Waals surface area contributed by atoms with Crippen molar-refractivity contribution in [2.75, 3.05) is 6.26 Å². The van der Waals surface area contributed by atoms with Gasteiger partial charge in [0, 0.05) is 23.8 Å². The van der Waals surface area contributed by atoms with Crippen molar-refractivity contribution in [1.29, 1.82) is 0 Å². The topological polar surface area (TPSA) is 20.3 Å². The molecule has 0 spiro atoms. The van der Waals surface area contributed by atoms with Gasteiger partial charge in [0.15, 0.2) is 0 Å². The number of thioether (sulfide) groups is 1. The van der Waals surface area contributed by atoms with Crippen LogP contribution in [0.2, 0.25) is 0 Å². The van der Waals surface area contributed by atoms with Gasteiger partial charge in [0.05, 0.1) is 0 Å². The number of piperidine rings is 1. The number of halogens is 1. The van der Waals surface area contributed by atoms with Gasteiger partial charge in [-0.3, -0.25) is 4.79 Å². The lowest BCUT2D eigenvalue weighted by Crippen LogP contribution is -2.47. The summed E-state index contributed by atoms with van der Waals surface area (Å²) in [6.45, 7) is 1.76. The zero-order valence-electron chi connectivity index (χ0n) is 13.3. The van der Waals surface area contributed by atoms with Crippen LogP contribution in [0.15, 0.2) is 18.2 Å². The quantitative estimate of drug-likeness (QED) is 0.837. The van der Waals surface area contributed by atoms with E-state index in [0.29, 0.717) is 35.7 Å². The number of fused-ring (bicyclic) bond motifs is 2. The average Bonchev–Trinajstić information content (AvgIpc) is 2.78. The highest BCUT2D eigenvalue weighted by Crippen LogP contribution is 2.39. The summed E-state index contributed by atoms with van der Waals surface area (Å²) in [4.78, 5) is 14.8. The molecule has 3 rings (SSSR count). The van der Waals surface area contributed by atoms with Crippen LogP contribution < -0.4 is 0 Å². The average molecular weight is 321 g/mol. The molecule has 4 heteroatoms. The van der Waals surface area contributed by atoms with Crippen molar-refractivity contribution in [3.63, 3.8) is 0 Å². The molecule has 1 aromatic rings. The van der Waals surface area contributed by atoms with Gasteiger partial charge in [-0.15, -0.1) is 0 Å². The first-order chi connectivity index (χ1) is 10.6. The lowest BCUT2D eigenvalue weighted by molar-refractivity contribution is -0.135. The first kappa shape index (κ1) is 15.9. The molecule has 2 saturated heterocycles. The minimum atomic E-state index is -0.175. The van der Waals surface area contributed by atoms with Crippen LogP contribution in [-0.2, 0) is 11.2 Å². The fourth-order valence-electron chi connectivity index (χ4n) is 3.90. The Hall–Kier alpha value is -1.03. The zero-order valence-corrected chi connectivity index (χ0v) is 14.2. The van der Waals surface area contributed by atoms with Crippen LogP contribution in [0, 0.1) is 12.7 Å². The highest BCUT2D eigenvalue weighted by molar-refractivity contribution is 7.99. The van der Waals surface area contributed by atoms with E-state index in [1.54, 1.807) is 19.1 Å². The second-order valence-electron chi connectivity index (χ2n) is 6.60. The second kappa shape index (κ2) is 6.61. The number of nitrogens with zero attached hydrogens (tertiary/aromatic N) is 1. The van der Waals surface area contributed by atoms with Crippen LogP contribution in [0.5, 0.6) is 0 Å². The van der Waals surface area contributed by atoms with Gasteiger partial charge in [-0.1, -0.05) is 12.1 Å². The summed E-state index contributed by atoms with van der Waals surface area (Å²) in [5.74, 6) is 0.0823. The van der Waals surface area contributed by atoms with E-state index >= 15 is 0 Å². The Morgan fingerprint density at radius 1 is 1.32 bits per heavy atom. The predicted octanol–water partition coefficient (Wildman–Crippen LogP) is 3.95. The van der Waals surface area contributed by atoms with Crippen LogP contribution in [0.1, 0.15) is 43.2 Å². The van der Waals surface area contributed by atoms with Crippen molar-refractivity contribution in [1.82, 2.24) is 4.90 Å². The van der Waals surface area contributed by atoms with E-state index in [2.05, 4.69) is 11.2 Å². The van der Waals surface area contributed by atoms with Crippen molar-refractivity contribution >= 4 is 17.7 Å². The number of amides is 1. The molecule has 0 aromatic heterocycles. The predicted molar refractivity (Wildman–Crippen MR) is 89.7 cm³/mol. The van der Waals surface area contributed by atoms with Gasteiger partial charge in [-0.2, -0.15) is 11.8 Å². The number of rotatable bonds is 4. The lowest BCUT2D eigenvalue weighted by atomic mass is 10.0. The highest BCUT2D eigenvalue weighted by Gasteiger charge is 2.42. The molecule has 0 aliphatic carbocycles. The number of hydrogen-bond acceptors (Lipinski definition) is 2. The number of aryl methyl sites for hydroxylation is 2. The minimum absolute atomic E-state index is 0.175. The largest absolute Gasteiger partial charge is 0.337 e. The van der Waals surface area contributed by atoms with Crippen molar-refractivity contribution in [2.24, 2.45) is 0 Å². The molecule has 2 nitrogen and oxygen atoms in total. The van der Waals surface area contributed by atoms with Crippen LogP contribution in [0.25, 0.3) is 0 Å². The molecule has 2 unspecified atom stereocenters. The van der Waals surface area contributed by atoms with E-state index in [9.17, 15) is 9.18 Å². The van der Waals surface area contributed by atoms with Crippen LogP contribution in [-0.4, -0.2) is 34.4 Å². The number of carbonyl (C=O) groups is 1. The molecular weight excluding hydrogens is 297 g/mol. The van der Waals surface area contributed by atoms with E-state index in [4.69, 9.17) is 0 Å². The molecule has 2 heterocycles.